The summed E-state index contributed by atoms with van der Waals surface area (Å²) in [7, 11) is 0. The molecule has 3 nitrogen and oxygen atoms in total. The van der Waals surface area contributed by atoms with Crippen LogP contribution in [0.4, 0.5) is 0 Å². The Balaban J connectivity index is 1.88. The highest BCUT2D eigenvalue weighted by atomic mass is 16.5. The van der Waals surface area contributed by atoms with Crippen molar-refractivity contribution in [3.8, 4) is 11.5 Å². The van der Waals surface area contributed by atoms with Crippen molar-refractivity contribution in [3.05, 3.63) is 24.3 Å². The molecule has 0 amide bonds. The van der Waals surface area contributed by atoms with Crippen molar-refractivity contribution >= 4 is 0 Å². The number of ether oxygens (including phenoxy) is 2. The van der Waals surface area contributed by atoms with Crippen LogP contribution in [-0.4, -0.2) is 24.9 Å². The molecule has 0 heterocycles. The number of hydrogen-bond acceptors (Lipinski definition) is 3. The first-order valence-electron chi connectivity index (χ1n) is 7.15. The maximum absolute atomic E-state index is 9.55. The second-order valence-corrected chi connectivity index (χ2v) is 5.56. The number of hydrogen-bond donors (Lipinski definition) is 1. The van der Waals surface area contributed by atoms with Crippen LogP contribution in [-0.2, 0) is 0 Å². The van der Waals surface area contributed by atoms with E-state index in [0.717, 1.165) is 17.9 Å². The lowest BCUT2D eigenvalue weighted by Crippen LogP contribution is -2.26. The van der Waals surface area contributed by atoms with Gasteiger partial charge in [-0.1, -0.05) is 19.1 Å². The monoisotopic (exact) mass is 264 g/mol. The summed E-state index contributed by atoms with van der Waals surface area (Å²) in [5.41, 5.74) is 0.0144. The van der Waals surface area contributed by atoms with Gasteiger partial charge in [-0.05, 0) is 49.7 Å². The first-order chi connectivity index (χ1) is 9.19. The molecular weight excluding hydrogens is 240 g/mol. The fraction of sp³-hybridized carbons (Fsp3) is 0.625. The van der Waals surface area contributed by atoms with E-state index in [1.54, 1.807) is 0 Å². The Bertz CT molecular complexity index is 401. The Hall–Kier alpha value is -1.22. The van der Waals surface area contributed by atoms with Gasteiger partial charge in [0.25, 0.3) is 0 Å². The summed E-state index contributed by atoms with van der Waals surface area (Å²) in [6.45, 7) is 5.62. The molecule has 2 rings (SSSR count). The molecule has 1 fully saturated rings. The highest BCUT2D eigenvalue weighted by molar-refractivity contribution is 5.39. The summed E-state index contributed by atoms with van der Waals surface area (Å²) in [4.78, 5) is 0. The summed E-state index contributed by atoms with van der Waals surface area (Å²) in [5, 5.41) is 9.55. The van der Waals surface area contributed by atoms with Gasteiger partial charge in [0.15, 0.2) is 11.5 Å². The Morgan fingerprint density at radius 2 is 1.84 bits per heavy atom. The minimum absolute atomic E-state index is 0.0144. The summed E-state index contributed by atoms with van der Waals surface area (Å²) >= 11 is 0. The van der Waals surface area contributed by atoms with Crippen molar-refractivity contribution in [2.24, 2.45) is 11.3 Å². The van der Waals surface area contributed by atoms with Crippen molar-refractivity contribution in [3.63, 3.8) is 0 Å². The van der Waals surface area contributed by atoms with Gasteiger partial charge in [0.1, 0.15) is 0 Å². The molecule has 0 spiro atoms. The minimum Gasteiger partial charge on any atom is -0.490 e. The molecule has 1 N–H and O–H groups in total. The highest BCUT2D eigenvalue weighted by Crippen LogP contribution is 2.47. The second-order valence-electron chi connectivity index (χ2n) is 5.56. The van der Waals surface area contributed by atoms with E-state index in [9.17, 15) is 5.11 Å². The van der Waals surface area contributed by atoms with Gasteiger partial charge in [-0.2, -0.15) is 0 Å². The van der Waals surface area contributed by atoms with E-state index in [-0.39, 0.29) is 12.0 Å². The number of aliphatic hydroxyl groups is 1. The number of para-hydroxylation sites is 2. The lowest BCUT2D eigenvalue weighted by atomic mass is 9.83. The van der Waals surface area contributed by atoms with Crippen molar-refractivity contribution in [2.75, 3.05) is 19.8 Å². The van der Waals surface area contributed by atoms with E-state index in [2.05, 4.69) is 6.92 Å². The number of aliphatic hydroxyl groups excluding tert-OH is 1. The van der Waals surface area contributed by atoms with Gasteiger partial charge >= 0.3 is 0 Å². The van der Waals surface area contributed by atoms with Gasteiger partial charge in [0.2, 0.25) is 0 Å². The molecule has 1 atom stereocenters. The smallest absolute Gasteiger partial charge is 0.161 e. The quantitative estimate of drug-likeness (QED) is 0.783. The van der Waals surface area contributed by atoms with E-state index in [1.165, 1.54) is 12.8 Å². The van der Waals surface area contributed by atoms with Crippen LogP contribution in [0.15, 0.2) is 24.3 Å². The lowest BCUT2D eigenvalue weighted by Gasteiger charge is -2.27. The van der Waals surface area contributed by atoms with Crippen LogP contribution in [0.1, 0.15) is 33.1 Å². The normalized spacial score (nSPS) is 17.8. The zero-order valence-corrected chi connectivity index (χ0v) is 11.9. The molecule has 0 radical (unpaired) electrons. The van der Waals surface area contributed by atoms with Crippen LogP contribution >= 0.6 is 0 Å². The van der Waals surface area contributed by atoms with Crippen molar-refractivity contribution < 1.29 is 14.6 Å². The number of rotatable bonds is 8. The third kappa shape index (κ3) is 3.63. The molecule has 0 aliphatic heterocycles. The molecule has 1 aromatic carbocycles. The standard InChI is InChI=1S/C16H24O3/c1-3-18-14-6-4-5-7-15(14)19-11-10-16(2,12-17)13-8-9-13/h4-7,13,17H,3,8-12H2,1-2H3. The summed E-state index contributed by atoms with van der Waals surface area (Å²) < 4.78 is 11.4. The highest BCUT2D eigenvalue weighted by Gasteiger charge is 2.40. The Kier molecular flexibility index (Phi) is 4.70. The predicted molar refractivity (Wildman–Crippen MR) is 75.6 cm³/mol. The van der Waals surface area contributed by atoms with Gasteiger partial charge in [0, 0.05) is 6.61 Å². The van der Waals surface area contributed by atoms with Gasteiger partial charge in [-0.3, -0.25) is 0 Å². The van der Waals surface area contributed by atoms with Crippen LogP contribution in [0.25, 0.3) is 0 Å². The molecule has 19 heavy (non-hydrogen) atoms. The molecule has 0 saturated heterocycles. The molecule has 1 aliphatic rings. The van der Waals surface area contributed by atoms with Crippen LogP contribution in [0, 0.1) is 11.3 Å². The summed E-state index contributed by atoms with van der Waals surface area (Å²) in [6, 6.07) is 7.74. The van der Waals surface area contributed by atoms with Crippen molar-refractivity contribution in [1.82, 2.24) is 0 Å². The van der Waals surface area contributed by atoms with E-state index < -0.39 is 0 Å². The average Bonchev–Trinajstić information content (AvgIpc) is 3.25. The molecule has 106 valence electrons. The van der Waals surface area contributed by atoms with Gasteiger partial charge in [-0.25, -0.2) is 0 Å². The van der Waals surface area contributed by atoms with Crippen LogP contribution < -0.4 is 9.47 Å². The van der Waals surface area contributed by atoms with E-state index in [0.29, 0.717) is 19.1 Å². The summed E-state index contributed by atoms with van der Waals surface area (Å²) in [6.07, 6.45) is 3.37. The van der Waals surface area contributed by atoms with Gasteiger partial charge in [0.05, 0.1) is 13.2 Å². The molecule has 1 aromatic rings. The number of benzene rings is 1. The minimum atomic E-state index is 0.0144. The SMILES string of the molecule is CCOc1ccccc1OCCC(C)(CO)C1CC1. The maximum Gasteiger partial charge on any atom is 0.161 e. The first-order valence-corrected chi connectivity index (χ1v) is 7.15. The summed E-state index contributed by atoms with van der Waals surface area (Å²) in [5.74, 6) is 2.26. The van der Waals surface area contributed by atoms with E-state index in [4.69, 9.17) is 9.47 Å². The third-order valence-corrected chi connectivity index (χ3v) is 4.00. The van der Waals surface area contributed by atoms with Crippen LogP contribution in [0.2, 0.25) is 0 Å². The maximum atomic E-state index is 9.55. The molecule has 1 saturated carbocycles. The van der Waals surface area contributed by atoms with Crippen molar-refractivity contribution in [1.29, 1.82) is 0 Å². The molecule has 1 unspecified atom stereocenters. The largest absolute Gasteiger partial charge is 0.490 e. The second kappa shape index (κ2) is 6.29. The lowest BCUT2D eigenvalue weighted by molar-refractivity contribution is 0.0905. The third-order valence-electron chi connectivity index (χ3n) is 4.00. The van der Waals surface area contributed by atoms with Crippen molar-refractivity contribution in [2.45, 2.75) is 33.1 Å². The zero-order valence-electron chi connectivity index (χ0n) is 11.9. The Labute approximate surface area is 115 Å². The molecule has 3 heteroatoms. The fourth-order valence-electron chi connectivity index (χ4n) is 2.43. The molecular formula is C16H24O3. The zero-order chi connectivity index (χ0) is 13.7. The van der Waals surface area contributed by atoms with Gasteiger partial charge < -0.3 is 14.6 Å². The average molecular weight is 264 g/mol. The first kappa shape index (κ1) is 14.2. The Morgan fingerprint density at radius 1 is 1.21 bits per heavy atom. The Morgan fingerprint density at radius 3 is 2.37 bits per heavy atom. The fourth-order valence-corrected chi connectivity index (χ4v) is 2.43. The van der Waals surface area contributed by atoms with Crippen LogP contribution in [0.5, 0.6) is 11.5 Å². The topological polar surface area (TPSA) is 38.7 Å². The van der Waals surface area contributed by atoms with Gasteiger partial charge in [-0.15, -0.1) is 0 Å². The predicted octanol–water partition coefficient (Wildman–Crippen LogP) is 3.26. The van der Waals surface area contributed by atoms with E-state index in [1.807, 2.05) is 31.2 Å². The molecule has 0 aromatic heterocycles. The molecule has 1 aliphatic carbocycles. The van der Waals surface area contributed by atoms with Crippen LogP contribution in [0.3, 0.4) is 0 Å². The van der Waals surface area contributed by atoms with E-state index >= 15 is 0 Å². The molecule has 0 bridgehead atoms.